The Balaban J connectivity index is 1.64. The van der Waals surface area contributed by atoms with E-state index in [0.717, 1.165) is 44.1 Å². The Bertz CT molecular complexity index is 486. The summed E-state index contributed by atoms with van der Waals surface area (Å²) in [6, 6.07) is 3.96. The van der Waals surface area contributed by atoms with Crippen LogP contribution in [0.2, 0.25) is 0 Å². The van der Waals surface area contributed by atoms with Gasteiger partial charge in [0.2, 0.25) is 5.91 Å². The number of hydrogen-bond acceptors (Lipinski definition) is 4. The number of pyridine rings is 1. The van der Waals surface area contributed by atoms with Crippen molar-refractivity contribution in [3.8, 4) is 0 Å². The summed E-state index contributed by atoms with van der Waals surface area (Å²) >= 11 is 0. The molecule has 2 atom stereocenters. The average Bonchev–Trinajstić information content (AvgIpc) is 3.23. The molecule has 5 nitrogen and oxygen atoms in total. The second-order valence-electron chi connectivity index (χ2n) is 5.62. The number of carbonyl (C=O) groups excluding carboxylic acids is 1. The van der Waals surface area contributed by atoms with Crippen LogP contribution >= 0.6 is 0 Å². The molecule has 2 aliphatic rings. The van der Waals surface area contributed by atoms with Gasteiger partial charge >= 0.3 is 0 Å². The van der Waals surface area contributed by atoms with E-state index in [1.807, 2.05) is 12.1 Å². The molecule has 20 heavy (non-hydrogen) atoms. The lowest BCUT2D eigenvalue weighted by Gasteiger charge is -2.29. The van der Waals surface area contributed by atoms with E-state index in [4.69, 9.17) is 4.74 Å². The fourth-order valence-electron chi connectivity index (χ4n) is 2.63. The zero-order chi connectivity index (χ0) is 13.9. The van der Waals surface area contributed by atoms with Gasteiger partial charge in [-0.05, 0) is 18.4 Å². The van der Waals surface area contributed by atoms with E-state index >= 15 is 0 Å². The molecule has 0 aromatic carbocycles. The Kier molecular flexibility index (Phi) is 3.87. The van der Waals surface area contributed by atoms with Crippen LogP contribution in [0.25, 0.3) is 0 Å². The number of aromatic nitrogens is 1. The van der Waals surface area contributed by atoms with Crippen LogP contribution in [0, 0.1) is 11.8 Å². The summed E-state index contributed by atoms with van der Waals surface area (Å²) in [4.78, 5) is 18.6. The molecule has 0 spiro atoms. The van der Waals surface area contributed by atoms with E-state index < -0.39 is 0 Å². The smallest absolute Gasteiger partial charge is 0.223 e. The van der Waals surface area contributed by atoms with Crippen molar-refractivity contribution in [2.45, 2.75) is 19.9 Å². The predicted octanol–water partition coefficient (Wildman–Crippen LogP) is 1.19. The number of ether oxygens (including phenoxy) is 1. The van der Waals surface area contributed by atoms with E-state index in [0.29, 0.717) is 12.5 Å². The molecule has 1 amide bonds. The lowest BCUT2D eigenvalue weighted by atomic mass is 10.2. The summed E-state index contributed by atoms with van der Waals surface area (Å²) in [6.45, 7) is 5.87. The van der Waals surface area contributed by atoms with Crippen molar-refractivity contribution in [2.24, 2.45) is 11.8 Å². The van der Waals surface area contributed by atoms with Crippen molar-refractivity contribution < 1.29 is 9.53 Å². The number of rotatable bonds is 4. The van der Waals surface area contributed by atoms with Crippen molar-refractivity contribution >= 4 is 11.7 Å². The van der Waals surface area contributed by atoms with Gasteiger partial charge in [-0.3, -0.25) is 4.79 Å². The van der Waals surface area contributed by atoms with Gasteiger partial charge < -0.3 is 15.0 Å². The highest BCUT2D eigenvalue weighted by Gasteiger charge is 2.38. The van der Waals surface area contributed by atoms with Gasteiger partial charge in [0.15, 0.2) is 0 Å². The SMILES string of the molecule is C[C@@H]1C[C@@H]1C(=O)NCc1cccnc1N1CCOCC1. The molecule has 108 valence electrons. The van der Waals surface area contributed by atoms with E-state index in [2.05, 4.69) is 22.1 Å². The number of morpholine rings is 1. The highest BCUT2D eigenvalue weighted by molar-refractivity contribution is 5.81. The second-order valence-corrected chi connectivity index (χ2v) is 5.62. The quantitative estimate of drug-likeness (QED) is 0.897. The van der Waals surface area contributed by atoms with Gasteiger partial charge in [0.25, 0.3) is 0 Å². The molecule has 1 aromatic heterocycles. The summed E-state index contributed by atoms with van der Waals surface area (Å²) in [5.74, 6) is 1.91. The first-order chi connectivity index (χ1) is 9.75. The number of nitrogens with one attached hydrogen (secondary N) is 1. The van der Waals surface area contributed by atoms with Crippen LogP contribution in [0.5, 0.6) is 0 Å². The first kappa shape index (κ1) is 13.4. The van der Waals surface area contributed by atoms with Crippen LogP contribution in [0.1, 0.15) is 18.9 Å². The molecule has 0 bridgehead atoms. The minimum atomic E-state index is 0.175. The number of hydrogen-bond donors (Lipinski definition) is 1. The topological polar surface area (TPSA) is 54.5 Å². The summed E-state index contributed by atoms with van der Waals surface area (Å²) in [5, 5.41) is 3.03. The molecular formula is C15H21N3O2. The van der Waals surface area contributed by atoms with Crippen LogP contribution in [-0.4, -0.2) is 37.2 Å². The number of anilines is 1. The van der Waals surface area contributed by atoms with Crippen LogP contribution in [0.15, 0.2) is 18.3 Å². The normalized spacial score (nSPS) is 25.4. The summed E-state index contributed by atoms with van der Waals surface area (Å²) in [5.41, 5.74) is 1.08. The molecule has 1 aromatic rings. The van der Waals surface area contributed by atoms with Gasteiger partial charge in [0.05, 0.1) is 13.2 Å². The van der Waals surface area contributed by atoms with Crippen LogP contribution in [0.4, 0.5) is 5.82 Å². The largest absolute Gasteiger partial charge is 0.378 e. The van der Waals surface area contributed by atoms with E-state index in [1.54, 1.807) is 6.20 Å². The molecule has 1 saturated heterocycles. The second kappa shape index (κ2) is 5.79. The van der Waals surface area contributed by atoms with Crippen LogP contribution < -0.4 is 10.2 Å². The van der Waals surface area contributed by atoms with Crippen molar-refractivity contribution in [1.29, 1.82) is 0 Å². The first-order valence-electron chi connectivity index (χ1n) is 7.30. The Labute approximate surface area is 119 Å². The molecule has 1 aliphatic carbocycles. The summed E-state index contributed by atoms with van der Waals surface area (Å²) < 4.78 is 5.37. The van der Waals surface area contributed by atoms with E-state index in [-0.39, 0.29) is 11.8 Å². The van der Waals surface area contributed by atoms with Gasteiger partial charge in [0, 0.05) is 37.3 Å². The lowest BCUT2D eigenvalue weighted by Crippen LogP contribution is -2.38. The summed E-state index contributed by atoms with van der Waals surface area (Å²) in [7, 11) is 0. The molecule has 2 fully saturated rings. The zero-order valence-electron chi connectivity index (χ0n) is 11.8. The fraction of sp³-hybridized carbons (Fsp3) is 0.600. The molecule has 0 unspecified atom stereocenters. The molecule has 5 heteroatoms. The van der Waals surface area contributed by atoms with Gasteiger partial charge in [-0.25, -0.2) is 4.98 Å². The molecule has 1 saturated carbocycles. The number of amides is 1. The third-order valence-corrected chi connectivity index (χ3v) is 4.08. The van der Waals surface area contributed by atoms with Crippen molar-refractivity contribution in [3.63, 3.8) is 0 Å². The molecule has 1 aliphatic heterocycles. The maximum atomic E-state index is 11.9. The van der Waals surface area contributed by atoms with Crippen molar-refractivity contribution in [1.82, 2.24) is 10.3 Å². The Morgan fingerprint density at radius 3 is 2.95 bits per heavy atom. The minimum absolute atomic E-state index is 0.175. The lowest BCUT2D eigenvalue weighted by molar-refractivity contribution is -0.122. The molecule has 0 radical (unpaired) electrons. The van der Waals surface area contributed by atoms with Gasteiger partial charge in [-0.2, -0.15) is 0 Å². The Morgan fingerprint density at radius 2 is 2.25 bits per heavy atom. The fourth-order valence-corrected chi connectivity index (χ4v) is 2.63. The standard InChI is InChI=1S/C15H21N3O2/c1-11-9-13(11)15(19)17-10-12-3-2-4-16-14(12)18-5-7-20-8-6-18/h2-4,11,13H,5-10H2,1H3,(H,17,19)/t11-,13+/m1/s1. The Hall–Kier alpha value is -1.62. The maximum absolute atomic E-state index is 11.9. The number of carbonyl (C=O) groups is 1. The molecule has 2 heterocycles. The molecule has 3 rings (SSSR count). The van der Waals surface area contributed by atoms with Crippen molar-refractivity contribution in [2.75, 3.05) is 31.2 Å². The summed E-state index contributed by atoms with van der Waals surface area (Å²) in [6.07, 6.45) is 2.83. The van der Waals surface area contributed by atoms with E-state index in [1.165, 1.54) is 0 Å². The third kappa shape index (κ3) is 2.93. The highest BCUT2D eigenvalue weighted by Crippen LogP contribution is 2.37. The van der Waals surface area contributed by atoms with Crippen LogP contribution in [0.3, 0.4) is 0 Å². The molecule has 1 N–H and O–H groups in total. The third-order valence-electron chi connectivity index (χ3n) is 4.08. The maximum Gasteiger partial charge on any atom is 0.223 e. The monoisotopic (exact) mass is 275 g/mol. The van der Waals surface area contributed by atoms with Crippen molar-refractivity contribution in [3.05, 3.63) is 23.9 Å². The van der Waals surface area contributed by atoms with Gasteiger partial charge in [0.1, 0.15) is 5.82 Å². The Morgan fingerprint density at radius 1 is 1.50 bits per heavy atom. The minimum Gasteiger partial charge on any atom is -0.378 e. The molecular weight excluding hydrogens is 254 g/mol. The van der Waals surface area contributed by atoms with Gasteiger partial charge in [-0.15, -0.1) is 0 Å². The zero-order valence-corrected chi connectivity index (χ0v) is 11.8. The van der Waals surface area contributed by atoms with Gasteiger partial charge in [-0.1, -0.05) is 13.0 Å². The number of nitrogens with zero attached hydrogens (tertiary/aromatic N) is 2. The van der Waals surface area contributed by atoms with E-state index in [9.17, 15) is 4.79 Å². The first-order valence-corrected chi connectivity index (χ1v) is 7.30. The highest BCUT2D eigenvalue weighted by atomic mass is 16.5. The predicted molar refractivity (Wildman–Crippen MR) is 76.4 cm³/mol. The average molecular weight is 275 g/mol. The van der Waals surface area contributed by atoms with Crippen LogP contribution in [-0.2, 0) is 16.1 Å².